The molecule has 0 heterocycles. The van der Waals surface area contributed by atoms with Crippen LogP contribution in [0.15, 0.2) is 24.3 Å². The Morgan fingerprint density at radius 1 is 1.35 bits per heavy atom. The number of para-hydroxylation sites is 1. The van der Waals surface area contributed by atoms with Gasteiger partial charge in [0.15, 0.2) is 0 Å². The highest BCUT2D eigenvalue weighted by molar-refractivity contribution is 5.77. The van der Waals surface area contributed by atoms with Crippen LogP contribution in [-0.4, -0.2) is 38.7 Å². The number of ether oxygens (including phenoxy) is 2. The van der Waals surface area contributed by atoms with Gasteiger partial charge in [-0.25, -0.2) is 0 Å². The Bertz CT molecular complexity index is 379. The first-order chi connectivity index (χ1) is 8.11. The Morgan fingerprint density at radius 3 is 2.59 bits per heavy atom. The molecule has 0 saturated carbocycles. The van der Waals surface area contributed by atoms with Crippen molar-refractivity contribution < 1.29 is 14.3 Å². The van der Waals surface area contributed by atoms with Gasteiger partial charge in [-0.15, -0.1) is 0 Å². The lowest BCUT2D eigenvalue weighted by Crippen LogP contribution is -2.32. The molecule has 1 aromatic rings. The van der Waals surface area contributed by atoms with Crippen molar-refractivity contribution in [2.75, 3.05) is 27.9 Å². The first kappa shape index (κ1) is 13.5. The number of benzene rings is 1. The summed E-state index contributed by atoms with van der Waals surface area (Å²) in [6, 6.07) is 7.64. The van der Waals surface area contributed by atoms with Crippen LogP contribution in [0.25, 0.3) is 0 Å². The Morgan fingerprint density at radius 2 is 2.00 bits per heavy atom. The smallest absolute Gasteiger partial charge is 0.248 e. The van der Waals surface area contributed by atoms with Crippen molar-refractivity contribution in [3.63, 3.8) is 0 Å². The summed E-state index contributed by atoms with van der Waals surface area (Å²) >= 11 is 0. The van der Waals surface area contributed by atoms with Crippen LogP contribution in [0.3, 0.4) is 0 Å². The predicted octanol–water partition coefficient (Wildman–Crippen LogP) is 1.86. The van der Waals surface area contributed by atoms with Gasteiger partial charge in [0, 0.05) is 19.7 Å². The highest BCUT2D eigenvalue weighted by Gasteiger charge is 2.19. The second-order valence-electron chi connectivity index (χ2n) is 3.86. The third-order valence-electron chi connectivity index (χ3n) is 2.83. The highest BCUT2D eigenvalue weighted by Crippen LogP contribution is 2.27. The molecule has 0 fully saturated rings. The molecule has 94 valence electrons. The molecule has 1 aromatic carbocycles. The van der Waals surface area contributed by atoms with Crippen LogP contribution in [-0.2, 0) is 9.53 Å². The zero-order valence-electron chi connectivity index (χ0n) is 10.8. The molecule has 0 spiro atoms. The van der Waals surface area contributed by atoms with E-state index in [9.17, 15) is 4.79 Å². The van der Waals surface area contributed by atoms with Crippen LogP contribution in [0.4, 0.5) is 0 Å². The lowest BCUT2D eigenvalue weighted by molar-refractivity contribution is -0.135. The van der Waals surface area contributed by atoms with Crippen molar-refractivity contribution in [1.29, 1.82) is 0 Å². The molecule has 0 radical (unpaired) electrons. The average molecular weight is 237 g/mol. The quantitative estimate of drug-likeness (QED) is 0.784. The summed E-state index contributed by atoms with van der Waals surface area (Å²) in [7, 11) is 4.90. The fourth-order valence-corrected chi connectivity index (χ4v) is 1.66. The summed E-state index contributed by atoms with van der Waals surface area (Å²) in [6.45, 7) is 2.06. The van der Waals surface area contributed by atoms with Crippen LogP contribution in [0, 0.1) is 0 Å². The lowest BCUT2D eigenvalue weighted by Gasteiger charge is -2.26. The van der Waals surface area contributed by atoms with E-state index in [1.807, 2.05) is 31.2 Å². The van der Waals surface area contributed by atoms with Gasteiger partial charge in [0.05, 0.1) is 13.2 Å². The minimum Gasteiger partial charge on any atom is -0.496 e. The van der Waals surface area contributed by atoms with E-state index in [0.717, 1.165) is 11.3 Å². The number of likely N-dealkylation sites (N-methyl/N-ethyl adjacent to an activating group) is 1. The molecular formula is C13H19NO3. The number of carbonyl (C=O) groups is 1. The summed E-state index contributed by atoms with van der Waals surface area (Å²) in [4.78, 5) is 13.4. The molecule has 1 atom stereocenters. The van der Waals surface area contributed by atoms with Crippen molar-refractivity contribution in [1.82, 2.24) is 4.90 Å². The number of methoxy groups -OCH3 is 2. The van der Waals surface area contributed by atoms with E-state index in [0.29, 0.717) is 0 Å². The molecule has 1 rings (SSSR count). The molecule has 1 amide bonds. The van der Waals surface area contributed by atoms with Crippen molar-refractivity contribution in [2.45, 2.75) is 13.0 Å². The highest BCUT2D eigenvalue weighted by atomic mass is 16.5. The summed E-state index contributed by atoms with van der Waals surface area (Å²) < 4.78 is 10.1. The molecule has 0 bridgehead atoms. The van der Waals surface area contributed by atoms with E-state index in [1.54, 1.807) is 19.1 Å². The minimum absolute atomic E-state index is 0.0474. The third-order valence-corrected chi connectivity index (χ3v) is 2.83. The molecule has 0 aromatic heterocycles. The van der Waals surface area contributed by atoms with Crippen LogP contribution in [0.2, 0.25) is 0 Å². The Balaban J connectivity index is 2.88. The minimum atomic E-state index is -0.0501. The number of amides is 1. The molecule has 0 aliphatic rings. The van der Waals surface area contributed by atoms with E-state index in [4.69, 9.17) is 9.47 Å². The zero-order chi connectivity index (χ0) is 12.8. The first-order valence-electron chi connectivity index (χ1n) is 5.49. The predicted molar refractivity (Wildman–Crippen MR) is 66.1 cm³/mol. The van der Waals surface area contributed by atoms with Crippen molar-refractivity contribution in [3.8, 4) is 5.75 Å². The van der Waals surface area contributed by atoms with E-state index in [-0.39, 0.29) is 18.6 Å². The van der Waals surface area contributed by atoms with E-state index >= 15 is 0 Å². The van der Waals surface area contributed by atoms with Crippen LogP contribution in [0.5, 0.6) is 5.75 Å². The van der Waals surface area contributed by atoms with Gasteiger partial charge < -0.3 is 14.4 Å². The van der Waals surface area contributed by atoms with Gasteiger partial charge in [0.2, 0.25) is 5.91 Å². The lowest BCUT2D eigenvalue weighted by atomic mass is 10.1. The maximum atomic E-state index is 11.7. The maximum absolute atomic E-state index is 11.7. The Labute approximate surface area is 102 Å². The number of nitrogens with zero attached hydrogens (tertiary/aromatic N) is 1. The van der Waals surface area contributed by atoms with Gasteiger partial charge in [-0.3, -0.25) is 4.79 Å². The van der Waals surface area contributed by atoms with Gasteiger partial charge in [-0.2, -0.15) is 0 Å². The third kappa shape index (κ3) is 3.20. The number of rotatable bonds is 5. The summed E-state index contributed by atoms with van der Waals surface area (Å²) in [5.74, 6) is 0.739. The largest absolute Gasteiger partial charge is 0.496 e. The SMILES string of the molecule is COCC(=O)N(C)C(C)c1ccccc1OC. The first-order valence-corrected chi connectivity index (χ1v) is 5.49. The fourth-order valence-electron chi connectivity index (χ4n) is 1.66. The molecule has 0 N–H and O–H groups in total. The molecule has 4 nitrogen and oxygen atoms in total. The topological polar surface area (TPSA) is 38.8 Å². The molecule has 0 aliphatic heterocycles. The van der Waals surface area contributed by atoms with E-state index in [2.05, 4.69) is 0 Å². The van der Waals surface area contributed by atoms with Gasteiger partial charge in [0.25, 0.3) is 0 Å². The normalized spacial score (nSPS) is 12.0. The molecule has 4 heteroatoms. The van der Waals surface area contributed by atoms with Gasteiger partial charge >= 0.3 is 0 Å². The van der Waals surface area contributed by atoms with Crippen LogP contribution >= 0.6 is 0 Å². The molecule has 0 aliphatic carbocycles. The van der Waals surface area contributed by atoms with Crippen LogP contribution < -0.4 is 4.74 Å². The van der Waals surface area contributed by atoms with Gasteiger partial charge in [0.1, 0.15) is 12.4 Å². The second kappa shape index (κ2) is 6.25. The average Bonchev–Trinajstić information content (AvgIpc) is 2.37. The Hall–Kier alpha value is -1.55. The molecule has 0 saturated heterocycles. The van der Waals surface area contributed by atoms with Gasteiger partial charge in [-0.1, -0.05) is 18.2 Å². The number of hydrogen-bond donors (Lipinski definition) is 0. The monoisotopic (exact) mass is 237 g/mol. The number of carbonyl (C=O) groups excluding carboxylic acids is 1. The van der Waals surface area contributed by atoms with Gasteiger partial charge in [-0.05, 0) is 13.0 Å². The fraction of sp³-hybridized carbons (Fsp3) is 0.462. The molecular weight excluding hydrogens is 218 g/mol. The maximum Gasteiger partial charge on any atom is 0.248 e. The van der Waals surface area contributed by atoms with E-state index < -0.39 is 0 Å². The summed E-state index contributed by atoms with van der Waals surface area (Å²) in [6.07, 6.45) is 0. The van der Waals surface area contributed by atoms with E-state index in [1.165, 1.54) is 7.11 Å². The molecule has 1 unspecified atom stereocenters. The number of hydrogen-bond acceptors (Lipinski definition) is 3. The molecule has 17 heavy (non-hydrogen) atoms. The second-order valence-corrected chi connectivity index (χ2v) is 3.86. The standard InChI is InChI=1S/C13H19NO3/c1-10(14(2)13(15)9-16-3)11-7-5-6-8-12(11)17-4/h5-8,10H,9H2,1-4H3. The Kier molecular flexibility index (Phi) is 4.97. The van der Waals surface area contributed by atoms with Crippen molar-refractivity contribution >= 4 is 5.91 Å². The zero-order valence-corrected chi connectivity index (χ0v) is 10.8. The van der Waals surface area contributed by atoms with Crippen LogP contribution in [0.1, 0.15) is 18.5 Å². The van der Waals surface area contributed by atoms with Crippen molar-refractivity contribution in [2.24, 2.45) is 0 Å². The van der Waals surface area contributed by atoms with Crippen molar-refractivity contribution in [3.05, 3.63) is 29.8 Å². The summed E-state index contributed by atoms with van der Waals surface area (Å²) in [5.41, 5.74) is 0.988. The summed E-state index contributed by atoms with van der Waals surface area (Å²) in [5, 5.41) is 0.